The van der Waals surface area contributed by atoms with Crippen LogP contribution in [0.15, 0.2) is 36.5 Å². The Morgan fingerprint density at radius 2 is 0.614 bits per heavy atom. The van der Waals surface area contributed by atoms with E-state index >= 15 is 0 Å². The van der Waals surface area contributed by atoms with Crippen molar-refractivity contribution in [1.29, 1.82) is 0 Å². The summed E-state index contributed by atoms with van der Waals surface area (Å²) in [5.41, 5.74) is 0. The number of carbonyl (C=O) groups is 2. The minimum atomic E-state index is -0.843. The van der Waals surface area contributed by atoms with E-state index in [2.05, 4.69) is 43.5 Å². The Bertz CT molecular complexity index is 1340. The predicted molar refractivity (Wildman–Crippen MR) is 366 cm³/mol. The molecule has 0 bridgehead atoms. The molecule has 1 amide bonds. The van der Waals surface area contributed by atoms with E-state index in [0.29, 0.717) is 19.4 Å². The SMILES string of the molecule is CCCC/C=C\C/C=C\CCCCCCCC(=O)OCCCCCCCCCCCCCCCCCCCCCCCCCCCCCCCCC(=O)NC(CO)C(O)/C=C/CCCCCCCCCCCCCCCCCCCCCC. The highest BCUT2D eigenvalue weighted by Gasteiger charge is 2.18. The quantitative estimate of drug-likeness (QED) is 0.0320. The van der Waals surface area contributed by atoms with Crippen LogP contribution in [0.25, 0.3) is 0 Å². The fourth-order valence-corrected chi connectivity index (χ4v) is 11.9. The van der Waals surface area contributed by atoms with Gasteiger partial charge in [0.15, 0.2) is 0 Å². The number of nitrogens with one attached hydrogen (secondary N) is 1. The number of aliphatic hydroxyl groups is 2. The van der Waals surface area contributed by atoms with E-state index in [-0.39, 0.29) is 18.5 Å². The minimum Gasteiger partial charge on any atom is -0.466 e. The van der Waals surface area contributed by atoms with Crippen molar-refractivity contribution >= 4 is 11.9 Å². The lowest BCUT2D eigenvalue weighted by Gasteiger charge is -2.20. The molecule has 2 atom stereocenters. The molecule has 490 valence electrons. The number of hydrogen-bond acceptors (Lipinski definition) is 5. The smallest absolute Gasteiger partial charge is 0.305 e. The normalized spacial score (nSPS) is 12.7. The molecule has 0 radical (unpaired) electrons. The van der Waals surface area contributed by atoms with E-state index in [1.165, 1.54) is 340 Å². The van der Waals surface area contributed by atoms with Crippen molar-refractivity contribution in [2.75, 3.05) is 13.2 Å². The summed E-state index contributed by atoms with van der Waals surface area (Å²) in [5, 5.41) is 23.3. The molecule has 0 aliphatic carbocycles. The Labute approximate surface area is 519 Å². The third kappa shape index (κ3) is 69.1. The van der Waals surface area contributed by atoms with Gasteiger partial charge in [-0.3, -0.25) is 9.59 Å². The molecule has 0 saturated carbocycles. The topological polar surface area (TPSA) is 95.9 Å². The number of unbranched alkanes of at least 4 members (excludes halogenated alkanes) is 56. The van der Waals surface area contributed by atoms with Gasteiger partial charge in [0.1, 0.15) is 0 Å². The number of esters is 1. The summed E-state index contributed by atoms with van der Waals surface area (Å²) in [4.78, 5) is 24.6. The van der Waals surface area contributed by atoms with Crippen LogP contribution in [0, 0.1) is 0 Å². The Hall–Kier alpha value is -1.92. The molecule has 6 nitrogen and oxygen atoms in total. The number of rotatable bonds is 71. The van der Waals surface area contributed by atoms with E-state index < -0.39 is 12.1 Å². The van der Waals surface area contributed by atoms with E-state index in [1.807, 2.05) is 6.08 Å². The molecule has 6 heteroatoms. The predicted octanol–water partition coefficient (Wildman–Crippen LogP) is 24.7. The Morgan fingerprint density at radius 1 is 0.337 bits per heavy atom. The molecule has 0 fully saturated rings. The summed E-state index contributed by atoms with van der Waals surface area (Å²) in [6, 6.07) is -0.626. The second-order valence-corrected chi connectivity index (χ2v) is 26.0. The lowest BCUT2D eigenvalue weighted by molar-refractivity contribution is -0.143. The van der Waals surface area contributed by atoms with Crippen molar-refractivity contribution in [2.24, 2.45) is 0 Å². The van der Waals surface area contributed by atoms with E-state index in [4.69, 9.17) is 4.74 Å². The van der Waals surface area contributed by atoms with Crippen molar-refractivity contribution < 1.29 is 24.5 Å². The van der Waals surface area contributed by atoms with Gasteiger partial charge in [-0.15, -0.1) is 0 Å². The van der Waals surface area contributed by atoms with E-state index in [0.717, 1.165) is 51.4 Å². The Kier molecular flexibility index (Phi) is 70.9. The molecule has 0 heterocycles. The number of carbonyl (C=O) groups excluding carboxylic acids is 2. The summed E-state index contributed by atoms with van der Waals surface area (Å²) in [6.45, 7) is 4.90. The largest absolute Gasteiger partial charge is 0.466 e. The lowest BCUT2D eigenvalue weighted by Crippen LogP contribution is -2.45. The van der Waals surface area contributed by atoms with Crippen LogP contribution in [0.4, 0.5) is 0 Å². The summed E-state index contributed by atoms with van der Waals surface area (Å²) in [7, 11) is 0. The molecule has 0 saturated heterocycles. The maximum absolute atomic E-state index is 12.5. The molecule has 0 aliphatic heterocycles. The number of hydrogen-bond donors (Lipinski definition) is 3. The molecular formula is C77H147NO5. The van der Waals surface area contributed by atoms with Crippen LogP contribution in [0.3, 0.4) is 0 Å². The zero-order valence-electron chi connectivity index (χ0n) is 56.2. The van der Waals surface area contributed by atoms with Gasteiger partial charge >= 0.3 is 5.97 Å². The zero-order valence-corrected chi connectivity index (χ0v) is 56.2. The average molecular weight is 1170 g/mol. The maximum atomic E-state index is 12.5. The molecule has 0 rings (SSSR count). The van der Waals surface area contributed by atoms with Crippen LogP contribution in [0.5, 0.6) is 0 Å². The van der Waals surface area contributed by atoms with Gasteiger partial charge in [-0.2, -0.15) is 0 Å². The first-order valence-electron chi connectivity index (χ1n) is 37.8. The van der Waals surface area contributed by atoms with Gasteiger partial charge in [0, 0.05) is 12.8 Å². The first-order chi connectivity index (χ1) is 41.0. The van der Waals surface area contributed by atoms with Crippen molar-refractivity contribution in [3.63, 3.8) is 0 Å². The van der Waals surface area contributed by atoms with Gasteiger partial charge in [0.05, 0.1) is 25.4 Å². The lowest BCUT2D eigenvalue weighted by atomic mass is 10.0. The highest BCUT2D eigenvalue weighted by Crippen LogP contribution is 2.19. The Balaban J connectivity index is 3.37. The summed E-state index contributed by atoms with van der Waals surface area (Å²) in [5.74, 6) is -0.0541. The van der Waals surface area contributed by atoms with Crippen LogP contribution in [0.1, 0.15) is 418 Å². The molecule has 3 N–H and O–H groups in total. The number of ether oxygens (including phenoxy) is 1. The first kappa shape index (κ1) is 81.1. The third-order valence-corrected chi connectivity index (χ3v) is 17.7. The monoisotopic (exact) mass is 1170 g/mol. The minimum absolute atomic E-state index is 0.00565. The fraction of sp³-hybridized carbons (Fsp3) is 0.896. The summed E-state index contributed by atoms with van der Waals surface area (Å²) >= 11 is 0. The fourth-order valence-electron chi connectivity index (χ4n) is 11.9. The highest BCUT2D eigenvalue weighted by atomic mass is 16.5. The number of amides is 1. The molecule has 0 aromatic carbocycles. The molecular weight excluding hydrogens is 1020 g/mol. The van der Waals surface area contributed by atoms with Gasteiger partial charge in [-0.05, 0) is 57.8 Å². The van der Waals surface area contributed by atoms with Crippen molar-refractivity contribution in [1.82, 2.24) is 5.32 Å². The van der Waals surface area contributed by atoms with Crippen molar-refractivity contribution in [3.8, 4) is 0 Å². The zero-order chi connectivity index (χ0) is 59.9. The average Bonchev–Trinajstić information content (AvgIpc) is 3.49. The molecule has 0 aromatic heterocycles. The maximum Gasteiger partial charge on any atom is 0.305 e. The second kappa shape index (κ2) is 72.6. The first-order valence-corrected chi connectivity index (χ1v) is 37.8. The number of allylic oxidation sites excluding steroid dienone is 5. The summed E-state index contributed by atoms with van der Waals surface area (Å²) < 4.78 is 5.49. The van der Waals surface area contributed by atoms with Gasteiger partial charge in [0.2, 0.25) is 5.91 Å². The van der Waals surface area contributed by atoms with E-state index in [9.17, 15) is 19.8 Å². The van der Waals surface area contributed by atoms with Gasteiger partial charge in [0.25, 0.3) is 0 Å². The number of aliphatic hydroxyl groups excluding tert-OH is 2. The molecule has 2 unspecified atom stereocenters. The third-order valence-electron chi connectivity index (χ3n) is 17.7. The molecule has 0 aliphatic rings. The molecule has 83 heavy (non-hydrogen) atoms. The van der Waals surface area contributed by atoms with Crippen LogP contribution in [-0.2, 0) is 14.3 Å². The molecule has 0 aromatic rings. The second-order valence-electron chi connectivity index (χ2n) is 26.0. The van der Waals surface area contributed by atoms with Crippen LogP contribution < -0.4 is 5.32 Å². The summed E-state index contributed by atoms with van der Waals surface area (Å²) in [6.07, 6.45) is 93.9. The van der Waals surface area contributed by atoms with Crippen LogP contribution >= 0.6 is 0 Å². The highest BCUT2D eigenvalue weighted by molar-refractivity contribution is 5.76. The van der Waals surface area contributed by atoms with Crippen LogP contribution in [-0.4, -0.2) is 47.4 Å². The standard InChI is InChI=1S/C77H147NO5/c1-3-5-7-9-11-13-15-17-19-20-21-22-33-36-39-42-45-49-53-57-61-65-69-75(80)74(73-79)78-76(81)70-66-62-58-54-50-46-43-40-37-34-31-29-27-25-23-24-26-28-30-32-35-38-41-44-48-52-56-60-64-68-72-83-77(82)71-67-63-59-55-51-47-18-16-14-12-10-8-6-4-2/h10,12,16,18,65,69,74-75,79-80H,3-9,11,13-15,17,19-64,66-68,70-73H2,1-2H3,(H,78,81)/b12-10-,18-16-,69-65+. The van der Waals surface area contributed by atoms with Crippen molar-refractivity contribution in [2.45, 2.75) is 431 Å². The van der Waals surface area contributed by atoms with Crippen LogP contribution in [0.2, 0.25) is 0 Å². The van der Waals surface area contributed by atoms with Gasteiger partial charge in [-0.1, -0.05) is 384 Å². The molecule has 0 spiro atoms. The van der Waals surface area contributed by atoms with Gasteiger partial charge in [-0.25, -0.2) is 0 Å². The van der Waals surface area contributed by atoms with Crippen molar-refractivity contribution in [3.05, 3.63) is 36.5 Å². The van der Waals surface area contributed by atoms with Gasteiger partial charge < -0.3 is 20.3 Å². The van der Waals surface area contributed by atoms with E-state index in [1.54, 1.807) is 6.08 Å². The Morgan fingerprint density at radius 3 is 0.952 bits per heavy atom.